The van der Waals surface area contributed by atoms with Crippen LogP contribution in [0.4, 0.5) is 0 Å². The molecule has 4 nitrogen and oxygen atoms in total. The van der Waals surface area contributed by atoms with E-state index in [1.54, 1.807) is 11.3 Å². The maximum atomic E-state index is 5.64. The van der Waals surface area contributed by atoms with Crippen molar-refractivity contribution in [1.82, 2.24) is 15.6 Å². The van der Waals surface area contributed by atoms with E-state index in [1.807, 2.05) is 0 Å². The van der Waals surface area contributed by atoms with Crippen LogP contribution < -0.4 is 10.6 Å². The second kappa shape index (κ2) is 8.20. The zero-order chi connectivity index (χ0) is 17.8. The molecule has 0 saturated carbocycles. The van der Waals surface area contributed by atoms with Gasteiger partial charge in [0, 0.05) is 47.6 Å². The predicted octanol–water partition coefficient (Wildman–Crippen LogP) is 4.00. The first-order valence-corrected chi connectivity index (χ1v) is 10.3. The first-order chi connectivity index (χ1) is 12.8. The van der Waals surface area contributed by atoms with Crippen molar-refractivity contribution in [2.75, 3.05) is 19.7 Å². The topological polar surface area (TPSA) is 49.1 Å². The number of fused-ring (bicyclic) bond motifs is 1. The lowest BCUT2D eigenvalue weighted by Crippen LogP contribution is -2.41. The molecule has 0 aliphatic carbocycles. The van der Waals surface area contributed by atoms with Crippen LogP contribution in [0.3, 0.4) is 0 Å². The SMILES string of the molecule is S=C(NC[C@H]1CCCO1)NC[C@@H](c1cccs1)c1c[nH]c2ccccc12. The van der Waals surface area contributed by atoms with Crippen molar-refractivity contribution >= 4 is 39.6 Å². The molecule has 1 saturated heterocycles. The minimum atomic E-state index is 0.258. The summed E-state index contributed by atoms with van der Waals surface area (Å²) in [7, 11) is 0. The zero-order valence-corrected chi connectivity index (χ0v) is 16.2. The lowest BCUT2D eigenvalue weighted by Gasteiger charge is -2.19. The lowest BCUT2D eigenvalue weighted by atomic mass is 9.97. The van der Waals surface area contributed by atoms with Gasteiger partial charge in [-0.05, 0) is 48.1 Å². The number of thiocarbonyl (C=S) groups is 1. The van der Waals surface area contributed by atoms with E-state index in [0.717, 1.165) is 32.5 Å². The van der Waals surface area contributed by atoms with E-state index in [0.29, 0.717) is 5.11 Å². The Labute approximate surface area is 163 Å². The van der Waals surface area contributed by atoms with Gasteiger partial charge in [0.25, 0.3) is 0 Å². The van der Waals surface area contributed by atoms with Crippen LogP contribution in [0.25, 0.3) is 10.9 Å². The quantitative estimate of drug-likeness (QED) is 0.561. The maximum absolute atomic E-state index is 5.64. The van der Waals surface area contributed by atoms with Gasteiger partial charge in [-0.25, -0.2) is 0 Å². The Kier molecular flexibility index (Phi) is 5.53. The monoisotopic (exact) mass is 385 g/mol. The van der Waals surface area contributed by atoms with Crippen molar-refractivity contribution in [1.29, 1.82) is 0 Å². The average molecular weight is 386 g/mol. The molecule has 0 spiro atoms. The van der Waals surface area contributed by atoms with E-state index >= 15 is 0 Å². The van der Waals surface area contributed by atoms with Gasteiger partial charge >= 0.3 is 0 Å². The molecule has 2 aromatic heterocycles. The van der Waals surface area contributed by atoms with Crippen molar-refractivity contribution in [2.24, 2.45) is 0 Å². The standard InChI is InChI=1S/C20H23N3OS2/c25-20(22-11-14-5-3-9-24-14)23-13-17(19-8-4-10-26-19)16-12-21-18-7-2-1-6-15(16)18/h1-2,4,6-8,10,12,14,17,21H,3,5,9,11,13H2,(H2,22,23,25)/t14-,17-/m1/s1. The normalized spacial score (nSPS) is 18.1. The highest BCUT2D eigenvalue weighted by Gasteiger charge is 2.20. The van der Waals surface area contributed by atoms with Crippen molar-refractivity contribution in [2.45, 2.75) is 24.9 Å². The Morgan fingerprint density at radius 1 is 1.27 bits per heavy atom. The summed E-state index contributed by atoms with van der Waals surface area (Å²) in [5.41, 5.74) is 2.47. The fourth-order valence-corrected chi connectivity index (χ4v) is 4.52. The van der Waals surface area contributed by atoms with E-state index < -0.39 is 0 Å². The summed E-state index contributed by atoms with van der Waals surface area (Å²) in [6.45, 7) is 2.41. The smallest absolute Gasteiger partial charge is 0.166 e. The molecule has 3 aromatic rings. The number of H-pyrrole nitrogens is 1. The first kappa shape index (κ1) is 17.5. The van der Waals surface area contributed by atoms with Crippen molar-refractivity contribution in [3.63, 3.8) is 0 Å². The minimum Gasteiger partial charge on any atom is -0.376 e. The Balaban J connectivity index is 1.45. The Morgan fingerprint density at radius 3 is 3.00 bits per heavy atom. The lowest BCUT2D eigenvalue weighted by molar-refractivity contribution is 0.114. The first-order valence-electron chi connectivity index (χ1n) is 9.04. The number of nitrogens with one attached hydrogen (secondary N) is 3. The molecule has 136 valence electrons. The molecule has 0 amide bonds. The van der Waals surface area contributed by atoms with E-state index in [2.05, 4.69) is 63.6 Å². The molecule has 2 atom stereocenters. The third-order valence-electron chi connectivity index (χ3n) is 4.86. The largest absolute Gasteiger partial charge is 0.376 e. The summed E-state index contributed by atoms with van der Waals surface area (Å²) in [6, 6.07) is 12.7. The zero-order valence-electron chi connectivity index (χ0n) is 14.5. The van der Waals surface area contributed by atoms with Gasteiger partial charge in [-0.15, -0.1) is 11.3 Å². The Bertz CT molecular complexity index is 853. The number of benzene rings is 1. The average Bonchev–Trinajstić information content (AvgIpc) is 3.42. The summed E-state index contributed by atoms with van der Waals surface area (Å²) in [5, 5.41) is 10.8. The van der Waals surface area contributed by atoms with Crippen molar-refractivity contribution < 1.29 is 4.74 Å². The molecule has 0 bridgehead atoms. The van der Waals surface area contributed by atoms with Gasteiger partial charge in [0.15, 0.2) is 5.11 Å². The highest BCUT2D eigenvalue weighted by Crippen LogP contribution is 2.32. The second-order valence-corrected chi connectivity index (χ2v) is 7.97. The Morgan fingerprint density at radius 2 is 2.19 bits per heavy atom. The highest BCUT2D eigenvalue weighted by molar-refractivity contribution is 7.80. The molecule has 1 fully saturated rings. The van der Waals surface area contributed by atoms with Crippen LogP contribution in [0.15, 0.2) is 48.0 Å². The number of hydrogen-bond donors (Lipinski definition) is 3. The van der Waals surface area contributed by atoms with E-state index in [-0.39, 0.29) is 12.0 Å². The third-order valence-corrected chi connectivity index (χ3v) is 6.14. The van der Waals surface area contributed by atoms with E-state index in [4.69, 9.17) is 17.0 Å². The molecule has 26 heavy (non-hydrogen) atoms. The number of para-hydroxylation sites is 1. The van der Waals surface area contributed by atoms with Crippen LogP contribution in [-0.4, -0.2) is 35.9 Å². The van der Waals surface area contributed by atoms with Crippen LogP contribution >= 0.6 is 23.6 Å². The number of aromatic nitrogens is 1. The molecule has 6 heteroatoms. The fraction of sp³-hybridized carbons (Fsp3) is 0.350. The molecule has 0 unspecified atom stereocenters. The highest BCUT2D eigenvalue weighted by atomic mass is 32.1. The van der Waals surface area contributed by atoms with Crippen LogP contribution in [0.2, 0.25) is 0 Å². The van der Waals surface area contributed by atoms with E-state index in [1.165, 1.54) is 21.3 Å². The van der Waals surface area contributed by atoms with Gasteiger partial charge in [-0.1, -0.05) is 24.3 Å². The molecule has 0 radical (unpaired) electrons. The summed E-state index contributed by atoms with van der Waals surface area (Å²) in [4.78, 5) is 4.73. The summed E-state index contributed by atoms with van der Waals surface area (Å²) < 4.78 is 5.64. The number of hydrogen-bond acceptors (Lipinski definition) is 3. The fourth-order valence-electron chi connectivity index (χ4n) is 3.50. The van der Waals surface area contributed by atoms with Gasteiger partial charge in [-0.2, -0.15) is 0 Å². The second-order valence-electron chi connectivity index (χ2n) is 6.58. The summed E-state index contributed by atoms with van der Waals surface area (Å²) in [6.07, 6.45) is 4.67. The molecule has 4 rings (SSSR count). The van der Waals surface area contributed by atoms with Gasteiger partial charge in [0.2, 0.25) is 0 Å². The van der Waals surface area contributed by atoms with Gasteiger partial charge in [0.05, 0.1) is 6.10 Å². The van der Waals surface area contributed by atoms with Crippen LogP contribution in [-0.2, 0) is 4.74 Å². The number of aromatic amines is 1. The van der Waals surface area contributed by atoms with Crippen LogP contribution in [0, 0.1) is 0 Å². The van der Waals surface area contributed by atoms with Crippen LogP contribution in [0.5, 0.6) is 0 Å². The van der Waals surface area contributed by atoms with Gasteiger partial charge in [0.1, 0.15) is 0 Å². The molecular weight excluding hydrogens is 362 g/mol. The number of rotatable bonds is 6. The van der Waals surface area contributed by atoms with Crippen molar-refractivity contribution in [3.8, 4) is 0 Å². The summed E-state index contributed by atoms with van der Waals surface area (Å²) in [5.74, 6) is 0.258. The predicted molar refractivity (Wildman–Crippen MR) is 112 cm³/mol. The molecule has 3 N–H and O–H groups in total. The van der Waals surface area contributed by atoms with Gasteiger partial charge in [-0.3, -0.25) is 0 Å². The van der Waals surface area contributed by atoms with E-state index in [9.17, 15) is 0 Å². The number of thiophene rings is 1. The molecular formula is C20H23N3OS2. The van der Waals surface area contributed by atoms with Crippen LogP contribution in [0.1, 0.15) is 29.2 Å². The molecule has 1 aliphatic heterocycles. The maximum Gasteiger partial charge on any atom is 0.166 e. The number of ether oxygens (including phenoxy) is 1. The minimum absolute atomic E-state index is 0.258. The third kappa shape index (κ3) is 3.92. The molecule has 3 heterocycles. The van der Waals surface area contributed by atoms with Crippen molar-refractivity contribution in [3.05, 3.63) is 58.4 Å². The Hall–Kier alpha value is -1.89. The summed E-state index contributed by atoms with van der Waals surface area (Å²) >= 11 is 7.27. The molecule has 1 aromatic carbocycles. The molecule has 1 aliphatic rings. The van der Waals surface area contributed by atoms with Gasteiger partial charge < -0.3 is 20.4 Å².